The third-order valence-corrected chi connectivity index (χ3v) is 11.1. The van der Waals surface area contributed by atoms with E-state index >= 15 is 4.79 Å². The Labute approximate surface area is 305 Å². The van der Waals surface area contributed by atoms with E-state index in [4.69, 9.17) is 9.47 Å². The summed E-state index contributed by atoms with van der Waals surface area (Å²) in [6.45, 7) is 16.1. The molecule has 0 radical (unpaired) electrons. The van der Waals surface area contributed by atoms with E-state index in [1.54, 1.807) is 17.9 Å². The molecule has 0 aromatic heterocycles. The van der Waals surface area contributed by atoms with Crippen molar-refractivity contribution in [2.24, 2.45) is 23.2 Å². The molecule has 1 aromatic rings. The standard InChI is InChI=1S/C39H54BrN3O7/c1-23(2)19-26(21-44)43-33-35(47)42(38(7,8)22-37(4,5)6)18-14-10-13-17-28(45)41-24(3)31(25-15-11-9-12-16-25)49-36(48)29-30(34(43)46)39(33)20-27(40)32(29)50-39/h9-12,14-16,20,23-24,26,29-33,44H,13,17-19,21-22H2,1-8H3,(H,41,45)/b14-10-/t24-,26-,29+,30-,31+,32+,33+,39-/m1/s1. The fraction of sp³-hybridized carbons (Fsp3) is 0.641. The van der Waals surface area contributed by atoms with Crippen LogP contribution >= 0.6 is 15.9 Å². The number of aliphatic hydroxyl groups excluding tert-OH is 1. The number of fused-ring (bicyclic) bond motifs is 2. The number of halogens is 1. The zero-order chi connectivity index (χ0) is 36.8. The van der Waals surface area contributed by atoms with E-state index in [-0.39, 0.29) is 42.7 Å². The van der Waals surface area contributed by atoms with Crippen LogP contribution in [0.25, 0.3) is 0 Å². The third-order valence-electron chi connectivity index (χ3n) is 10.4. The summed E-state index contributed by atoms with van der Waals surface area (Å²) in [6, 6.07) is 6.82. The predicted molar refractivity (Wildman–Crippen MR) is 194 cm³/mol. The van der Waals surface area contributed by atoms with Gasteiger partial charge in [0.1, 0.15) is 29.8 Å². The average Bonchev–Trinajstić information content (AvgIpc) is 3.61. The highest BCUT2D eigenvalue weighted by Crippen LogP contribution is 2.60. The molecule has 274 valence electrons. The zero-order valence-corrected chi connectivity index (χ0v) is 32.2. The summed E-state index contributed by atoms with van der Waals surface area (Å²) >= 11 is 3.64. The van der Waals surface area contributed by atoms with Crippen LogP contribution in [0.5, 0.6) is 0 Å². The summed E-state index contributed by atoms with van der Waals surface area (Å²) in [7, 11) is 0. The fourth-order valence-corrected chi connectivity index (χ4v) is 9.55. The second-order valence-electron chi connectivity index (χ2n) is 16.7. The Morgan fingerprint density at radius 2 is 1.70 bits per heavy atom. The van der Waals surface area contributed by atoms with Gasteiger partial charge >= 0.3 is 5.97 Å². The molecule has 1 aromatic carbocycles. The van der Waals surface area contributed by atoms with Crippen molar-refractivity contribution in [1.29, 1.82) is 0 Å². The topological polar surface area (TPSA) is 125 Å². The van der Waals surface area contributed by atoms with Gasteiger partial charge in [0, 0.05) is 23.0 Å². The molecular weight excluding hydrogens is 702 g/mol. The molecule has 1 spiro atoms. The molecule has 5 bridgehead atoms. The van der Waals surface area contributed by atoms with Crippen molar-refractivity contribution in [2.45, 2.75) is 123 Å². The molecule has 5 rings (SSSR count). The molecule has 4 aliphatic rings. The minimum absolute atomic E-state index is 0.110. The quantitative estimate of drug-likeness (QED) is 0.280. The maximum atomic E-state index is 15.3. The smallest absolute Gasteiger partial charge is 0.313 e. The minimum atomic E-state index is -1.47. The molecule has 2 saturated heterocycles. The summed E-state index contributed by atoms with van der Waals surface area (Å²) in [4.78, 5) is 61.2. The maximum Gasteiger partial charge on any atom is 0.313 e. The van der Waals surface area contributed by atoms with Gasteiger partial charge in [-0.3, -0.25) is 19.2 Å². The number of allylic oxidation sites excluding steroid dienone is 1. The summed E-state index contributed by atoms with van der Waals surface area (Å²) in [5.74, 6) is -3.58. The predicted octanol–water partition coefficient (Wildman–Crippen LogP) is 5.45. The van der Waals surface area contributed by atoms with Gasteiger partial charge in [0.05, 0.1) is 24.6 Å². The summed E-state index contributed by atoms with van der Waals surface area (Å²) in [5, 5.41) is 13.8. The van der Waals surface area contributed by atoms with Crippen molar-refractivity contribution in [3.63, 3.8) is 0 Å². The lowest BCUT2D eigenvalue weighted by molar-refractivity contribution is -0.162. The Hall–Kier alpha value is -3.02. The van der Waals surface area contributed by atoms with Crippen molar-refractivity contribution >= 4 is 39.6 Å². The first-order valence-corrected chi connectivity index (χ1v) is 18.7. The second kappa shape index (κ2) is 14.5. The van der Waals surface area contributed by atoms with E-state index in [1.807, 2.05) is 70.2 Å². The van der Waals surface area contributed by atoms with Gasteiger partial charge in [-0.2, -0.15) is 0 Å². The summed E-state index contributed by atoms with van der Waals surface area (Å²) in [6.07, 6.45) is 5.70. The molecule has 8 atom stereocenters. The summed E-state index contributed by atoms with van der Waals surface area (Å²) < 4.78 is 13.6. The van der Waals surface area contributed by atoms with Crippen LogP contribution in [0.1, 0.15) is 92.7 Å². The molecule has 2 N–H and O–H groups in total. The highest BCUT2D eigenvalue weighted by Gasteiger charge is 2.75. The van der Waals surface area contributed by atoms with Gasteiger partial charge in [0.2, 0.25) is 17.7 Å². The van der Waals surface area contributed by atoms with Gasteiger partial charge in [0.25, 0.3) is 0 Å². The number of aliphatic hydroxyl groups is 1. The molecule has 4 heterocycles. The van der Waals surface area contributed by atoms with E-state index in [0.29, 0.717) is 29.3 Å². The average molecular weight is 757 g/mol. The Balaban J connectivity index is 1.68. The van der Waals surface area contributed by atoms with Crippen LogP contribution in [0.15, 0.2) is 53.0 Å². The number of nitrogens with zero attached hydrogens (tertiary/aromatic N) is 2. The summed E-state index contributed by atoms with van der Waals surface area (Å²) in [5.41, 5.74) is -1.57. The molecule has 2 fully saturated rings. The number of hydrogen-bond acceptors (Lipinski definition) is 7. The second-order valence-corrected chi connectivity index (χ2v) is 17.6. The van der Waals surface area contributed by atoms with Crippen LogP contribution in [0, 0.1) is 23.2 Å². The monoisotopic (exact) mass is 755 g/mol. The minimum Gasteiger partial charge on any atom is -0.455 e. The molecule has 4 aliphatic heterocycles. The number of cyclic esters (lactones) is 1. The van der Waals surface area contributed by atoms with Gasteiger partial charge in [0.15, 0.2) is 0 Å². The molecule has 10 nitrogen and oxygen atoms in total. The molecule has 3 amide bonds. The lowest BCUT2D eigenvalue weighted by Crippen LogP contribution is -2.62. The number of ether oxygens (including phenoxy) is 2. The van der Waals surface area contributed by atoms with Crippen molar-refractivity contribution in [3.05, 3.63) is 58.6 Å². The first-order valence-electron chi connectivity index (χ1n) is 17.9. The SMILES string of the molecule is CC(C)C[C@H](CO)N1C(=O)[C@H]2[C@@H]3C(=O)O[C@H](c4ccccc4)[C@@H](C)NC(=O)CC/C=C\CN(C(C)(C)CC(C)(C)C)C(=O)[C@H]1[C@@]21C=C(Br)[C@@H]3O1. The van der Waals surface area contributed by atoms with Crippen molar-refractivity contribution in [3.8, 4) is 0 Å². The van der Waals surface area contributed by atoms with Gasteiger partial charge < -0.3 is 29.7 Å². The van der Waals surface area contributed by atoms with Crippen molar-refractivity contribution < 1.29 is 33.8 Å². The van der Waals surface area contributed by atoms with E-state index in [1.165, 1.54) is 4.90 Å². The van der Waals surface area contributed by atoms with Gasteiger partial charge in [-0.15, -0.1) is 0 Å². The number of esters is 1. The van der Waals surface area contributed by atoms with Crippen molar-refractivity contribution in [1.82, 2.24) is 15.1 Å². The number of benzene rings is 1. The molecule has 0 aliphatic carbocycles. The van der Waals surface area contributed by atoms with E-state index in [0.717, 1.165) is 0 Å². The van der Waals surface area contributed by atoms with Gasteiger partial charge in [-0.25, -0.2) is 0 Å². The number of rotatable bonds is 7. The molecule has 11 heteroatoms. The van der Waals surface area contributed by atoms with E-state index in [2.05, 4.69) is 42.0 Å². The molecule has 0 unspecified atom stereocenters. The van der Waals surface area contributed by atoms with Crippen LogP contribution in [0.2, 0.25) is 0 Å². The van der Waals surface area contributed by atoms with Crippen LogP contribution in [-0.2, 0) is 28.7 Å². The van der Waals surface area contributed by atoms with Gasteiger partial charge in [-0.1, -0.05) is 93.0 Å². The largest absolute Gasteiger partial charge is 0.455 e. The van der Waals surface area contributed by atoms with Gasteiger partial charge in [-0.05, 0) is 63.0 Å². The number of nitrogens with one attached hydrogen (secondary N) is 1. The fourth-order valence-electron chi connectivity index (χ4n) is 8.81. The highest BCUT2D eigenvalue weighted by molar-refractivity contribution is 9.11. The lowest BCUT2D eigenvalue weighted by atomic mass is 9.74. The Morgan fingerprint density at radius 1 is 1.02 bits per heavy atom. The number of carbonyl (C=O) groups is 4. The van der Waals surface area contributed by atoms with Crippen LogP contribution < -0.4 is 5.32 Å². The highest BCUT2D eigenvalue weighted by atomic mass is 79.9. The Morgan fingerprint density at radius 3 is 2.32 bits per heavy atom. The number of likely N-dealkylation sites (tertiary alicyclic amines) is 1. The number of carbonyl (C=O) groups excluding carboxylic acids is 4. The number of amides is 3. The molecule has 50 heavy (non-hydrogen) atoms. The zero-order valence-electron chi connectivity index (χ0n) is 30.6. The van der Waals surface area contributed by atoms with Crippen molar-refractivity contribution in [2.75, 3.05) is 13.2 Å². The first kappa shape index (κ1) is 38.2. The van der Waals surface area contributed by atoms with Crippen LogP contribution in [-0.4, -0.2) is 87.1 Å². The molecular formula is C39H54BrN3O7. The number of hydrogen-bond donors (Lipinski definition) is 2. The maximum absolute atomic E-state index is 15.3. The van der Waals surface area contributed by atoms with E-state index in [9.17, 15) is 19.5 Å². The normalized spacial score (nSPS) is 32.2. The van der Waals surface area contributed by atoms with E-state index < -0.39 is 65.2 Å². The van der Waals surface area contributed by atoms with Crippen LogP contribution in [0.4, 0.5) is 0 Å². The first-order chi connectivity index (χ1) is 23.4. The Kier molecular flexibility index (Phi) is 11.1. The third kappa shape index (κ3) is 7.33. The lowest BCUT2D eigenvalue weighted by Gasteiger charge is -2.46. The molecule has 0 saturated carbocycles. The Bertz CT molecular complexity index is 1520. The van der Waals surface area contributed by atoms with Crippen LogP contribution in [0.3, 0.4) is 0 Å².